The van der Waals surface area contributed by atoms with Gasteiger partial charge in [0.05, 0.1) is 12.3 Å². The van der Waals surface area contributed by atoms with Gasteiger partial charge in [-0.1, -0.05) is 6.92 Å². The third-order valence-corrected chi connectivity index (χ3v) is 5.86. The summed E-state index contributed by atoms with van der Waals surface area (Å²) in [7, 11) is 0.413. The Hall–Kier alpha value is -0.370. The van der Waals surface area contributed by atoms with E-state index in [0.29, 0.717) is 38.6 Å². The lowest BCUT2D eigenvalue weighted by molar-refractivity contribution is -0.133. The summed E-state index contributed by atoms with van der Waals surface area (Å²) in [6.07, 6.45) is 0. The highest BCUT2D eigenvalue weighted by Gasteiger charge is 2.29. The van der Waals surface area contributed by atoms with Crippen LogP contribution in [0, 0.1) is 5.92 Å². The number of hydrogen-bond acceptors (Lipinski definition) is 4. The maximum absolute atomic E-state index is 12.2. The molecule has 1 saturated heterocycles. The first-order valence-electron chi connectivity index (χ1n) is 6.72. The summed E-state index contributed by atoms with van der Waals surface area (Å²) >= 11 is 5.67. The molecular weight excluding hydrogens is 302 g/mol. The zero-order valence-corrected chi connectivity index (χ0v) is 14.0. The number of nitrogens with zero attached hydrogens (tertiary/aromatic N) is 3. The van der Waals surface area contributed by atoms with E-state index >= 15 is 0 Å². The standard InChI is InChI=1S/C12H24ClN3O3S/c1-11(8-13)10-20(18,19)16-6-4-15(5-7-16)12(17)9-14(2)3/h11H,4-10H2,1-3H3. The molecule has 1 fully saturated rings. The fraction of sp³-hybridized carbons (Fsp3) is 0.917. The van der Waals surface area contributed by atoms with Crippen molar-refractivity contribution >= 4 is 27.5 Å². The first-order chi connectivity index (χ1) is 9.26. The molecule has 1 unspecified atom stereocenters. The van der Waals surface area contributed by atoms with Crippen molar-refractivity contribution in [3.8, 4) is 0 Å². The molecule has 0 aromatic rings. The normalized spacial score (nSPS) is 19.4. The lowest BCUT2D eigenvalue weighted by Gasteiger charge is -2.34. The Morgan fingerprint density at radius 3 is 2.25 bits per heavy atom. The van der Waals surface area contributed by atoms with Crippen molar-refractivity contribution in [2.45, 2.75) is 6.92 Å². The molecule has 0 aliphatic carbocycles. The van der Waals surface area contributed by atoms with E-state index in [-0.39, 0.29) is 17.6 Å². The van der Waals surface area contributed by atoms with Crippen LogP contribution in [0.1, 0.15) is 6.92 Å². The Labute approximate surface area is 126 Å². The van der Waals surface area contributed by atoms with Crippen LogP contribution >= 0.6 is 11.6 Å². The molecule has 1 amide bonds. The van der Waals surface area contributed by atoms with Crippen LogP contribution in [0.4, 0.5) is 0 Å². The van der Waals surface area contributed by atoms with Crippen LogP contribution < -0.4 is 0 Å². The van der Waals surface area contributed by atoms with Crippen molar-refractivity contribution in [1.29, 1.82) is 0 Å². The average molecular weight is 326 g/mol. The number of hydrogen-bond donors (Lipinski definition) is 0. The third-order valence-electron chi connectivity index (χ3n) is 3.19. The summed E-state index contributed by atoms with van der Waals surface area (Å²) in [5.74, 6) is 0.388. The molecule has 1 aliphatic rings. The van der Waals surface area contributed by atoms with Gasteiger partial charge in [-0.2, -0.15) is 4.31 Å². The van der Waals surface area contributed by atoms with Crippen molar-refractivity contribution in [3.05, 3.63) is 0 Å². The number of likely N-dealkylation sites (N-methyl/N-ethyl adjacent to an activating group) is 1. The molecular formula is C12H24ClN3O3S. The van der Waals surface area contributed by atoms with Crippen LogP contribution in [0.5, 0.6) is 0 Å². The molecule has 1 atom stereocenters. The van der Waals surface area contributed by atoms with Gasteiger partial charge in [0, 0.05) is 32.1 Å². The number of amides is 1. The molecule has 8 heteroatoms. The van der Waals surface area contributed by atoms with Crippen LogP contribution in [-0.4, -0.2) is 86.9 Å². The van der Waals surface area contributed by atoms with E-state index in [0.717, 1.165) is 0 Å². The molecule has 0 aromatic heterocycles. The zero-order chi connectivity index (χ0) is 15.3. The van der Waals surface area contributed by atoms with Crippen molar-refractivity contribution in [3.63, 3.8) is 0 Å². The van der Waals surface area contributed by atoms with E-state index in [1.54, 1.807) is 4.90 Å². The summed E-state index contributed by atoms with van der Waals surface area (Å²) in [5.41, 5.74) is 0. The van der Waals surface area contributed by atoms with Crippen molar-refractivity contribution in [2.75, 3.05) is 58.5 Å². The monoisotopic (exact) mass is 325 g/mol. The van der Waals surface area contributed by atoms with Crippen molar-refractivity contribution in [2.24, 2.45) is 5.92 Å². The van der Waals surface area contributed by atoms with Crippen molar-refractivity contribution in [1.82, 2.24) is 14.1 Å². The highest BCUT2D eigenvalue weighted by molar-refractivity contribution is 7.89. The second kappa shape index (κ2) is 7.59. The van der Waals surface area contributed by atoms with Crippen LogP contribution in [-0.2, 0) is 14.8 Å². The van der Waals surface area contributed by atoms with Gasteiger partial charge in [-0.3, -0.25) is 4.79 Å². The third kappa shape index (κ3) is 5.20. The highest BCUT2D eigenvalue weighted by atomic mass is 35.5. The quantitative estimate of drug-likeness (QED) is 0.640. The average Bonchev–Trinajstić information content (AvgIpc) is 2.37. The molecule has 0 spiro atoms. The maximum Gasteiger partial charge on any atom is 0.236 e. The van der Waals surface area contributed by atoms with Gasteiger partial charge < -0.3 is 9.80 Å². The van der Waals surface area contributed by atoms with Gasteiger partial charge in [0.2, 0.25) is 15.9 Å². The first kappa shape index (κ1) is 17.7. The Morgan fingerprint density at radius 2 is 1.80 bits per heavy atom. The number of halogens is 1. The fourth-order valence-corrected chi connectivity index (χ4v) is 4.10. The van der Waals surface area contributed by atoms with E-state index in [4.69, 9.17) is 11.6 Å². The maximum atomic E-state index is 12.2. The van der Waals surface area contributed by atoms with Crippen LogP contribution in [0.3, 0.4) is 0 Å². The zero-order valence-electron chi connectivity index (χ0n) is 12.4. The number of rotatable bonds is 6. The first-order valence-corrected chi connectivity index (χ1v) is 8.87. The molecule has 0 saturated carbocycles. The lowest BCUT2D eigenvalue weighted by Crippen LogP contribution is -2.52. The minimum absolute atomic E-state index is 0.0428. The second-order valence-corrected chi connectivity index (χ2v) is 7.88. The number of alkyl halides is 1. The Morgan fingerprint density at radius 1 is 1.25 bits per heavy atom. The van der Waals surface area contributed by atoms with Crippen LogP contribution in [0.15, 0.2) is 0 Å². The fourth-order valence-electron chi connectivity index (χ4n) is 2.10. The molecule has 1 heterocycles. The van der Waals surface area contributed by atoms with Crippen LogP contribution in [0.25, 0.3) is 0 Å². The van der Waals surface area contributed by atoms with Gasteiger partial charge in [-0.25, -0.2) is 8.42 Å². The minimum atomic E-state index is -3.27. The largest absolute Gasteiger partial charge is 0.339 e. The van der Waals surface area contributed by atoms with E-state index in [2.05, 4.69) is 0 Å². The lowest BCUT2D eigenvalue weighted by atomic mass is 10.3. The smallest absolute Gasteiger partial charge is 0.236 e. The van der Waals surface area contributed by atoms with E-state index in [1.165, 1.54) is 4.31 Å². The van der Waals surface area contributed by atoms with Crippen molar-refractivity contribution < 1.29 is 13.2 Å². The van der Waals surface area contributed by atoms with Gasteiger partial charge in [-0.15, -0.1) is 11.6 Å². The molecule has 0 bridgehead atoms. The minimum Gasteiger partial charge on any atom is -0.339 e. The predicted molar refractivity (Wildman–Crippen MR) is 80.4 cm³/mol. The molecule has 0 N–H and O–H groups in total. The van der Waals surface area contributed by atoms with E-state index in [1.807, 2.05) is 25.9 Å². The summed E-state index contributed by atoms with van der Waals surface area (Å²) in [6, 6.07) is 0. The van der Waals surface area contributed by atoms with Gasteiger partial charge in [0.25, 0.3) is 0 Å². The number of carbonyl (C=O) groups excluding carboxylic acids is 1. The van der Waals surface area contributed by atoms with E-state index in [9.17, 15) is 13.2 Å². The Kier molecular flexibility index (Phi) is 6.71. The second-order valence-electron chi connectivity index (χ2n) is 5.56. The molecule has 1 rings (SSSR count). The predicted octanol–water partition coefficient (Wildman–Crippen LogP) is -0.103. The van der Waals surface area contributed by atoms with Gasteiger partial charge in [0.1, 0.15) is 0 Å². The van der Waals surface area contributed by atoms with Gasteiger partial charge in [0.15, 0.2) is 0 Å². The summed E-state index contributed by atoms with van der Waals surface area (Å²) < 4.78 is 25.8. The molecule has 0 aromatic carbocycles. The molecule has 1 aliphatic heterocycles. The molecule has 20 heavy (non-hydrogen) atoms. The highest BCUT2D eigenvalue weighted by Crippen LogP contribution is 2.12. The molecule has 0 radical (unpaired) electrons. The van der Waals surface area contributed by atoms with E-state index < -0.39 is 10.0 Å². The summed E-state index contributed by atoms with van der Waals surface area (Å²) in [5, 5.41) is 0. The summed E-state index contributed by atoms with van der Waals surface area (Å²) in [4.78, 5) is 15.4. The topological polar surface area (TPSA) is 60.9 Å². The van der Waals surface area contributed by atoms with Gasteiger partial charge >= 0.3 is 0 Å². The van der Waals surface area contributed by atoms with Crippen LogP contribution in [0.2, 0.25) is 0 Å². The summed E-state index contributed by atoms with van der Waals surface area (Å²) in [6.45, 7) is 3.84. The number of sulfonamides is 1. The SMILES string of the molecule is CC(CCl)CS(=O)(=O)N1CCN(C(=O)CN(C)C)CC1. The Balaban J connectivity index is 2.51. The van der Waals surface area contributed by atoms with Gasteiger partial charge in [-0.05, 0) is 20.0 Å². The number of carbonyl (C=O) groups is 1. The molecule has 118 valence electrons. The number of piperazine rings is 1. The molecule has 6 nitrogen and oxygen atoms in total. The Bertz CT molecular complexity index is 420.